The monoisotopic (exact) mass is 404 g/mol. The largest absolute Gasteiger partial charge is 0.493 e. The first-order chi connectivity index (χ1) is 14.7. The van der Waals surface area contributed by atoms with E-state index in [-0.39, 0.29) is 0 Å². The summed E-state index contributed by atoms with van der Waals surface area (Å²) in [6, 6.07) is 14.5. The lowest BCUT2D eigenvalue weighted by Crippen LogP contribution is -2.44. The van der Waals surface area contributed by atoms with Crippen LogP contribution in [0.4, 0.5) is 0 Å². The molecule has 4 rings (SSSR count). The van der Waals surface area contributed by atoms with Crippen molar-refractivity contribution in [3.05, 3.63) is 65.5 Å². The van der Waals surface area contributed by atoms with E-state index >= 15 is 0 Å². The Balaban J connectivity index is 1.59. The van der Waals surface area contributed by atoms with Gasteiger partial charge in [0.2, 0.25) is 0 Å². The van der Waals surface area contributed by atoms with Gasteiger partial charge in [0.05, 0.1) is 26.5 Å². The number of hydrogen-bond acceptors (Lipinski definition) is 4. The van der Waals surface area contributed by atoms with Crippen molar-refractivity contribution in [2.45, 2.75) is 26.4 Å². The molecule has 0 saturated heterocycles. The summed E-state index contributed by atoms with van der Waals surface area (Å²) in [5.41, 5.74) is 3.54. The average Bonchev–Trinajstić information content (AvgIpc) is 2.80. The van der Waals surface area contributed by atoms with E-state index in [0.717, 1.165) is 54.6 Å². The van der Waals surface area contributed by atoms with E-state index in [9.17, 15) is 0 Å². The molecule has 1 aliphatic rings. The van der Waals surface area contributed by atoms with Crippen molar-refractivity contribution in [2.24, 2.45) is 4.99 Å². The van der Waals surface area contributed by atoms with Gasteiger partial charge in [-0.15, -0.1) is 0 Å². The Morgan fingerprint density at radius 3 is 2.63 bits per heavy atom. The quantitative estimate of drug-likeness (QED) is 0.518. The fourth-order valence-corrected chi connectivity index (χ4v) is 3.95. The van der Waals surface area contributed by atoms with Crippen LogP contribution >= 0.6 is 0 Å². The van der Waals surface area contributed by atoms with Crippen LogP contribution in [0.5, 0.6) is 11.5 Å². The molecular weight excluding hydrogens is 376 g/mol. The van der Waals surface area contributed by atoms with Crippen LogP contribution in [0.2, 0.25) is 0 Å². The second kappa shape index (κ2) is 9.03. The minimum atomic E-state index is 0.541. The molecule has 0 spiro atoms. The molecule has 6 nitrogen and oxygen atoms in total. The second-order valence-corrected chi connectivity index (χ2v) is 7.30. The number of guanidine groups is 1. The van der Waals surface area contributed by atoms with E-state index in [1.54, 1.807) is 14.2 Å². The Labute approximate surface area is 177 Å². The van der Waals surface area contributed by atoms with Gasteiger partial charge in [0.25, 0.3) is 0 Å². The highest BCUT2D eigenvalue weighted by atomic mass is 16.5. The van der Waals surface area contributed by atoms with Gasteiger partial charge >= 0.3 is 0 Å². The van der Waals surface area contributed by atoms with Crippen LogP contribution in [0.25, 0.3) is 10.8 Å². The van der Waals surface area contributed by atoms with Crippen LogP contribution in [0.1, 0.15) is 23.7 Å². The van der Waals surface area contributed by atoms with Gasteiger partial charge in [-0.05, 0) is 48.1 Å². The molecule has 3 aromatic rings. The first kappa shape index (κ1) is 20.0. The lowest BCUT2D eigenvalue weighted by atomic mass is 9.99. The number of aliphatic imine (C=N–C) groups is 1. The Hall–Kier alpha value is -3.28. The third-order valence-electron chi connectivity index (χ3n) is 5.49. The zero-order valence-corrected chi connectivity index (χ0v) is 17.8. The van der Waals surface area contributed by atoms with E-state index < -0.39 is 0 Å². The van der Waals surface area contributed by atoms with E-state index in [4.69, 9.17) is 14.5 Å². The van der Waals surface area contributed by atoms with Crippen LogP contribution in [0, 0.1) is 0 Å². The van der Waals surface area contributed by atoms with Gasteiger partial charge in [0.15, 0.2) is 17.5 Å². The molecule has 0 atom stereocenters. The maximum absolute atomic E-state index is 5.49. The van der Waals surface area contributed by atoms with Gasteiger partial charge < -0.3 is 19.7 Å². The normalized spacial score (nSPS) is 13.8. The summed E-state index contributed by atoms with van der Waals surface area (Å²) in [6.45, 7) is 5.13. The molecule has 30 heavy (non-hydrogen) atoms. The first-order valence-corrected chi connectivity index (χ1v) is 10.3. The Morgan fingerprint density at radius 2 is 1.87 bits per heavy atom. The summed E-state index contributed by atoms with van der Waals surface area (Å²) in [5, 5.41) is 5.79. The SMILES string of the molecule is CCNC(=NCc1nccc2ccccc12)N1CCc2cc(OC)c(OC)cc2C1. The average molecular weight is 405 g/mol. The smallest absolute Gasteiger partial charge is 0.194 e. The number of nitrogens with one attached hydrogen (secondary N) is 1. The lowest BCUT2D eigenvalue weighted by molar-refractivity contribution is 0.346. The Morgan fingerprint density at radius 1 is 1.10 bits per heavy atom. The highest BCUT2D eigenvalue weighted by molar-refractivity contribution is 5.85. The van der Waals surface area contributed by atoms with Gasteiger partial charge in [0.1, 0.15) is 0 Å². The molecule has 1 aliphatic heterocycles. The standard InChI is InChI=1S/C24H28N4O2/c1-4-25-24(27-15-21-20-8-6-5-7-17(20)9-11-26-21)28-12-10-18-13-22(29-2)23(30-3)14-19(18)16-28/h5-9,11,13-14H,4,10,12,15-16H2,1-3H3,(H,25,27). The van der Waals surface area contributed by atoms with E-state index in [0.29, 0.717) is 6.54 Å². The fraction of sp³-hybridized carbons (Fsp3) is 0.333. The van der Waals surface area contributed by atoms with Crippen LogP contribution < -0.4 is 14.8 Å². The number of rotatable bonds is 5. The summed E-state index contributed by atoms with van der Waals surface area (Å²) in [7, 11) is 3.35. The summed E-state index contributed by atoms with van der Waals surface area (Å²) in [4.78, 5) is 11.8. The molecule has 0 amide bonds. The number of benzene rings is 2. The summed E-state index contributed by atoms with van der Waals surface area (Å²) >= 11 is 0. The highest BCUT2D eigenvalue weighted by Gasteiger charge is 2.21. The van der Waals surface area contributed by atoms with Crippen molar-refractivity contribution in [3.8, 4) is 11.5 Å². The van der Waals surface area contributed by atoms with E-state index in [2.05, 4.69) is 46.4 Å². The van der Waals surface area contributed by atoms with Crippen molar-refractivity contribution in [2.75, 3.05) is 27.3 Å². The number of hydrogen-bond donors (Lipinski definition) is 1. The predicted molar refractivity (Wildman–Crippen MR) is 120 cm³/mol. The third kappa shape index (κ3) is 4.03. The van der Waals surface area contributed by atoms with Crippen molar-refractivity contribution in [3.63, 3.8) is 0 Å². The number of nitrogens with zero attached hydrogens (tertiary/aromatic N) is 3. The third-order valence-corrected chi connectivity index (χ3v) is 5.49. The summed E-state index contributed by atoms with van der Waals surface area (Å²) in [5.74, 6) is 2.46. The van der Waals surface area contributed by atoms with Crippen LogP contribution in [0.3, 0.4) is 0 Å². The molecule has 0 radical (unpaired) electrons. The molecule has 0 saturated carbocycles. The molecule has 1 aromatic heterocycles. The van der Waals surface area contributed by atoms with Gasteiger partial charge in [-0.1, -0.05) is 24.3 Å². The molecule has 0 fully saturated rings. The summed E-state index contributed by atoms with van der Waals surface area (Å²) < 4.78 is 11.0. The van der Waals surface area contributed by atoms with Gasteiger partial charge in [-0.25, -0.2) is 4.99 Å². The van der Waals surface area contributed by atoms with Crippen LogP contribution in [0.15, 0.2) is 53.7 Å². The van der Waals surface area contributed by atoms with Crippen molar-refractivity contribution in [1.82, 2.24) is 15.2 Å². The number of aromatic nitrogens is 1. The molecule has 0 unspecified atom stereocenters. The minimum absolute atomic E-state index is 0.541. The molecular formula is C24H28N4O2. The molecule has 2 aromatic carbocycles. The molecule has 2 heterocycles. The van der Waals surface area contributed by atoms with Gasteiger partial charge in [-0.2, -0.15) is 0 Å². The number of fused-ring (bicyclic) bond motifs is 2. The Kier molecular flexibility index (Phi) is 6.02. The molecule has 156 valence electrons. The predicted octanol–water partition coefficient (Wildman–Crippen LogP) is 3.78. The number of methoxy groups -OCH3 is 2. The maximum atomic E-state index is 5.49. The topological polar surface area (TPSA) is 59.0 Å². The molecule has 1 N–H and O–H groups in total. The van der Waals surface area contributed by atoms with Crippen LogP contribution in [-0.4, -0.2) is 43.2 Å². The molecule has 6 heteroatoms. The van der Waals surface area contributed by atoms with Gasteiger partial charge in [0, 0.05) is 31.2 Å². The maximum Gasteiger partial charge on any atom is 0.194 e. The first-order valence-electron chi connectivity index (χ1n) is 10.3. The highest BCUT2D eigenvalue weighted by Crippen LogP contribution is 2.33. The zero-order valence-electron chi connectivity index (χ0n) is 17.8. The van der Waals surface area contributed by atoms with E-state index in [1.165, 1.54) is 16.5 Å². The lowest BCUT2D eigenvalue weighted by Gasteiger charge is -2.32. The molecule has 0 aliphatic carbocycles. The fourth-order valence-electron chi connectivity index (χ4n) is 3.95. The van der Waals surface area contributed by atoms with Crippen LogP contribution in [-0.2, 0) is 19.5 Å². The van der Waals surface area contributed by atoms with Crippen molar-refractivity contribution < 1.29 is 9.47 Å². The van der Waals surface area contributed by atoms with Crippen molar-refractivity contribution in [1.29, 1.82) is 0 Å². The molecule has 0 bridgehead atoms. The van der Waals surface area contributed by atoms with Crippen molar-refractivity contribution >= 4 is 16.7 Å². The minimum Gasteiger partial charge on any atom is -0.493 e. The number of pyridine rings is 1. The van der Waals surface area contributed by atoms with Gasteiger partial charge in [-0.3, -0.25) is 4.98 Å². The Bertz CT molecular complexity index is 1060. The number of ether oxygens (including phenoxy) is 2. The van der Waals surface area contributed by atoms with E-state index in [1.807, 2.05) is 24.4 Å². The second-order valence-electron chi connectivity index (χ2n) is 7.30. The summed E-state index contributed by atoms with van der Waals surface area (Å²) in [6.07, 6.45) is 2.80. The zero-order chi connectivity index (χ0) is 20.9.